The van der Waals surface area contributed by atoms with Gasteiger partial charge in [-0.2, -0.15) is 4.98 Å². The summed E-state index contributed by atoms with van der Waals surface area (Å²) in [5.74, 6) is 0.276. The van der Waals surface area contributed by atoms with Crippen LogP contribution in [0.25, 0.3) is 11.2 Å². The predicted octanol–water partition coefficient (Wildman–Crippen LogP) is 2.76. The first-order valence-electron chi connectivity index (χ1n) is 10.2. The zero-order valence-corrected chi connectivity index (χ0v) is 17.3. The van der Waals surface area contributed by atoms with Crippen LogP contribution in [0.2, 0.25) is 10.0 Å². The third-order valence-corrected chi connectivity index (χ3v) is 5.42. The fraction of sp³-hybridized carbons (Fsp3) is 0.421. The fourth-order valence-electron chi connectivity index (χ4n) is 3.25. The van der Waals surface area contributed by atoms with E-state index in [1.807, 2.05) is 0 Å². The van der Waals surface area contributed by atoms with Crippen LogP contribution in [0.4, 0.5) is 5.95 Å². The maximum Gasteiger partial charge on any atom is 0.278 e. The van der Waals surface area contributed by atoms with Gasteiger partial charge in [0.25, 0.3) is 5.56 Å². The normalized spacial score (nSPS) is 21.2. The molecule has 1 aliphatic heterocycles. The van der Waals surface area contributed by atoms with Crippen LogP contribution in [0.15, 0.2) is 29.3 Å². The first-order chi connectivity index (χ1) is 14.7. The van der Waals surface area contributed by atoms with Crippen molar-refractivity contribution >= 4 is 40.3 Å². The summed E-state index contributed by atoms with van der Waals surface area (Å²) in [4.78, 5) is 26.2. The Labute approximate surface area is 180 Å². The van der Waals surface area contributed by atoms with Crippen LogP contribution in [0, 0.1) is 0 Å². The first-order valence-corrected chi connectivity index (χ1v) is 9.97. The van der Waals surface area contributed by atoms with Crippen molar-refractivity contribution in [3.63, 3.8) is 0 Å². The number of aromatic amines is 1. The maximum atomic E-state index is 12.7. The topological polar surface area (TPSA) is 88.1 Å². The lowest BCUT2D eigenvalue weighted by Crippen LogP contribution is -2.42. The van der Waals surface area contributed by atoms with Gasteiger partial charge >= 0.3 is 0 Å². The number of nitrogens with zero attached hydrogens (tertiary/aromatic N) is 4. The Hall–Kier alpha value is -2.13. The molecule has 2 aromatic heterocycles. The lowest BCUT2D eigenvalue weighted by Gasteiger charge is -2.31. The van der Waals surface area contributed by atoms with Gasteiger partial charge in [0.15, 0.2) is 11.2 Å². The zero-order chi connectivity index (χ0) is 22.2. The summed E-state index contributed by atoms with van der Waals surface area (Å²) in [5, 5.41) is 3.53. The molecule has 3 heterocycles. The number of hydrogen-bond donors (Lipinski definition) is 2. The van der Waals surface area contributed by atoms with Gasteiger partial charge in [-0.05, 0) is 24.6 Å². The summed E-state index contributed by atoms with van der Waals surface area (Å²) in [6.45, 7) is 5.06. The molecule has 3 aromatic rings. The summed E-state index contributed by atoms with van der Waals surface area (Å²) in [6.07, 6.45) is 0.687. The summed E-state index contributed by atoms with van der Waals surface area (Å²) >= 11 is 11.9. The SMILES string of the molecule is [2H]c1cc(CNc2nc3ncn(CCN4CCOC([2H])(C)C4)c3c(=O)[nH]2)cc(Cl)c1Cl. The number of morpholine rings is 1. The average molecular weight is 439 g/mol. The molecule has 1 aromatic carbocycles. The van der Waals surface area contributed by atoms with Gasteiger partial charge in [-0.15, -0.1) is 0 Å². The second-order valence-corrected chi connectivity index (χ2v) is 7.66. The van der Waals surface area contributed by atoms with Gasteiger partial charge < -0.3 is 14.6 Å². The van der Waals surface area contributed by atoms with E-state index in [4.69, 9.17) is 30.7 Å². The molecule has 8 nitrogen and oxygen atoms in total. The Kier molecular flexibility index (Phi) is 5.32. The van der Waals surface area contributed by atoms with E-state index in [1.54, 1.807) is 30.0 Å². The quantitative estimate of drug-likeness (QED) is 0.614. The lowest BCUT2D eigenvalue weighted by atomic mass is 10.2. The molecule has 0 aliphatic carbocycles. The average Bonchev–Trinajstić information content (AvgIpc) is 3.11. The van der Waals surface area contributed by atoms with Crippen molar-refractivity contribution in [3.05, 3.63) is 50.5 Å². The molecule has 1 aliphatic rings. The van der Waals surface area contributed by atoms with E-state index in [0.717, 1.165) is 12.1 Å². The van der Waals surface area contributed by atoms with E-state index < -0.39 is 6.08 Å². The predicted molar refractivity (Wildman–Crippen MR) is 114 cm³/mol. The number of halogens is 2. The molecule has 0 amide bonds. The number of aromatic nitrogens is 4. The van der Waals surface area contributed by atoms with E-state index in [0.29, 0.717) is 49.0 Å². The summed E-state index contributed by atoms with van der Waals surface area (Å²) < 4.78 is 23.1. The maximum absolute atomic E-state index is 12.7. The van der Waals surface area contributed by atoms with Gasteiger partial charge in [-0.25, -0.2) is 4.98 Å². The Morgan fingerprint density at radius 3 is 3.10 bits per heavy atom. The minimum atomic E-state index is -0.913. The highest BCUT2D eigenvalue weighted by Gasteiger charge is 2.17. The van der Waals surface area contributed by atoms with Crippen molar-refractivity contribution in [2.45, 2.75) is 26.1 Å². The number of hydrogen-bond acceptors (Lipinski definition) is 6. The minimum Gasteiger partial charge on any atom is -0.376 e. The van der Waals surface area contributed by atoms with E-state index in [9.17, 15) is 4.79 Å². The monoisotopic (exact) mass is 438 g/mol. The Morgan fingerprint density at radius 1 is 1.45 bits per heavy atom. The summed E-state index contributed by atoms with van der Waals surface area (Å²) in [7, 11) is 0. The van der Waals surface area contributed by atoms with Gasteiger partial charge in [0, 0.05) is 32.7 Å². The number of anilines is 1. The number of benzene rings is 1. The van der Waals surface area contributed by atoms with Crippen LogP contribution in [-0.2, 0) is 17.8 Å². The number of fused-ring (bicyclic) bond motifs is 1. The molecular formula is C19H22Cl2N6O2. The molecule has 154 valence electrons. The van der Waals surface area contributed by atoms with E-state index >= 15 is 0 Å². The first kappa shape index (κ1) is 17.7. The molecule has 0 radical (unpaired) electrons. The molecule has 4 rings (SSSR count). The van der Waals surface area contributed by atoms with E-state index in [-0.39, 0.29) is 22.6 Å². The molecule has 0 spiro atoms. The molecule has 1 saturated heterocycles. The van der Waals surface area contributed by atoms with Gasteiger partial charge in [0.2, 0.25) is 5.95 Å². The van der Waals surface area contributed by atoms with Gasteiger partial charge in [0.05, 0.1) is 31.8 Å². The molecule has 29 heavy (non-hydrogen) atoms. The molecular weight excluding hydrogens is 415 g/mol. The van der Waals surface area contributed by atoms with Gasteiger partial charge in [0.1, 0.15) is 0 Å². The standard InChI is InChI=1S/C19H22Cl2N6O2/c1-12-10-26(6-7-29-12)4-5-27-11-23-17-16(27)18(28)25-19(24-17)22-9-13-2-3-14(20)15(21)8-13/h2-3,8,11-12H,4-7,9-10H2,1H3,(H2,22,24,25,28)/i3D,12D. The molecule has 2 N–H and O–H groups in total. The second-order valence-electron chi connectivity index (χ2n) is 6.87. The van der Waals surface area contributed by atoms with Crippen molar-refractivity contribution in [1.82, 2.24) is 24.4 Å². The van der Waals surface area contributed by atoms with Crippen LogP contribution >= 0.6 is 23.2 Å². The smallest absolute Gasteiger partial charge is 0.278 e. The van der Waals surface area contributed by atoms with Crippen LogP contribution in [0.3, 0.4) is 0 Å². The third-order valence-electron chi connectivity index (χ3n) is 4.71. The number of imidazole rings is 1. The minimum absolute atomic E-state index is 0.132. The molecule has 1 unspecified atom stereocenters. The highest BCUT2D eigenvalue weighted by molar-refractivity contribution is 6.42. The van der Waals surface area contributed by atoms with Gasteiger partial charge in [-0.3, -0.25) is 14.7 Å². The molecule has 10 heteroatoms. The summed E-state index contributed by atoms with van der Waals surface area (Å²) in [6, 6.07) is 3.39. The van der Waals surface area contributed by atoms with Crippen molar-refractivity contribution in [2.75, 3.05) is 31.6 Å². The highest BCUT2D eigenvalue weighted by atomic mass is 35.5. The van der Waals surface area contributed by atoms with Crippen molar-refractivity contribution < 1.29 is 7.48 Å². The molecule has 1 fully saturated rings. The second kappa shape index (κ2) is 8.71. The number of nitrogens with one attached hydrogen (secondary N) is 2. The van der Waals surface area contributed by atoms with Crippen LogP contribution in [0.5, 0.6) is 0 Å². The number of H-pyrrole nitrogens is 1. The lowest BCUT2D eigenvalue weighted by molar-refractivity contribution is -0.0190. The van der Waals surface area contributed by atoms with Crippen LogP contribution in [0.1, 0.15) is 15.2 Å². The molecule has 0 bridgehead atoms. The molecule has 0 saturated carbocycles. The van der Waals surface area contributed by atoms with Crippen molar-refractivity contribution in [1.29, 1.82) is 0 Å². The summed E-state index contributed by atoms with van der Waals surface area (Å²) in [5.41, 5.74) is 1.18. The fourth-order valence-corrected chi connectivity index (χ4v) is 3.55. The zero-order valence-electron chi connectivity index (χ0n) is 17.8. The van der Waals surface area contributed by atoms with E-state index in [2.05, 4.69) is 25.2 Å². The molecule has 1 atom stereocenters. The van der Waals surface area contributed by atoms with Crippen LogP contribution in [-0.4, -0.2) is 56.7 Å². The van der Waals surface area contributed by atoms with Crippen molar-refractivity contribution in [2.24, 2.45) is 0 Å². The van der Waals surface area contributed by atoms with Gasteiger partial charge in [-0.1, -0.05) is 29.3 Å². The largest absolute Gasteiger partial charge is 0.376 e. The van der Waals surface area contributed by atoms with Crippen LogP contribution < -0.4 is 10.9 Å². The highest BCUT2D eigenvalue weighted by Crippen LogP contribution is 2.22. The Morgan fingerprint density at radius 2 is 2.31 bits per heavy atom. The van der Waals surface area contributed by atoms with Crippen molar-refractivity contribution in [3.8, 4) is 0 Å². The number of ether oxygens (including phenoxy) is 1. The Bertz CT molecular complexity index is 1140. The Balaban J connectivity index is 1.46. The van der Waals surface area contributed by atoms with E-state index in [1.165, 1.54) is 0 Å². The number of rotatable bonds is 6. The third kappa shape index (κ3) is 4.72.